The van der Waals surface area contributed by atoms with Crippen LogP contribution < -0.4 is 0 Å². The SMILES string of the molecule is COC(C)(C)CCC(=O)C(O)C1CC1. The van der Waals surface area contributed by atoms with Crippen LogP contribution in [-0.4, -0.2) is 29.7 Å². The number of hydrogen-bond acceptors (Lipinski definition) is 3. The number of aliphatic hydroxyl groups is 1. The minimum atomic E-state index is -0.720. The number of methoxy groups -OCH3 is 1. The molecule has 0 spiro atoms. The number of carbonyl (C=O) groups is 1. The number of carbonyl (C=O) groups excluding carboxylic acids is 1. The van der Waals surface area contributed by atoms with Crippen molar-refractivity contribution < 1.29 is 14.6 Å². The Morgan fingerprint density at radius 1 is 1.57 bits per heavy atom. The Labute approximate surface area is 85.5 Å². The molecule has 1 aliphatic carbocycles. The fourth-order valence-electron chi connectivity index (χ4n) is 1.35. The molecule has 1 atom stereocenters. The van der Waals surface area contributed by atoms with Crippen LogP contribution in [0.2, 0.25) is 0 Å². The number of ketones is 1. The number of rotatable bonds is 6. The van der Waals surface area contributed by atoms with E-state index in [4.69, 9.17) is 4.74 Å². The molecule has 0 aliphatic heterocycles. The maximum atomic E-state index is 11.5. The normalized spacial score (nSPS) is 19.4. The fraction of sp³-hybridized carbons (Fsp3) is 0.909. The van der Waals surface area contributed by atoms with Crippen LogP contribution in [0.25, 0.3) is 0 Å². The second-order valence-electron chi connectivity index (χ2n) is 4.71. The predicted octanol–water partition coefficient (Wildman–Crippen LogP) is 1.53. The van der Waals surface area contributed by atoms with Crippen LogP contribution in [0.15, 0.2) is 0 Å². The molecule has 0 amide bonds. The van der Waals surface area contributed by atoms with Crippen molar-refractivity contribution in [3.63, 3.8) is 0 Å². The highest BCUT2D eigenvalue weighted by Crippen LogP contribution is 2.33. The molecule has 1 N–H and O–H groups in total. The van der Waals surface area contributed by atoms with Crippen molar-refractivity contribution in [3.8, 4) is 0 Å². The van der Waals surface area contributed by atoms with Crippen LogP contribution in [-0.2, 0) is 9.53 Å². The molecule has 0 heterocycles. The summed E-state index contributed by atoms with van der Waals surface area (Å²) in [7, 11) is 1.64. The molecular formula is C11H20O3. The minimum absolute atomic E-state index is 0.0300. The summed E-state index contributed by atoms with van der Waals surface area (Å²) in [5.41, 5.74) is -0.265. The summed E-state index contributed by atoms with van der Waals surface area (Å²) in [6, 6.07) is 0. The highest BCUT2D eigenvalue weighted by atomic mass is 16.5. The van der Waals surface area contributed by atoms with Gasteiger partial charge in [-0.25, -0.2) is 0 Å². The summed E-state index contributed by atoms with van der Waals surface area (Å²) in [6.45, 7) is 3.90. The molecule has 82 valence electrons. The lowest BCUT2D eigenvalue weighted by Gasteiger charge is -2.22. The van der Waals surface area contributed by atoms with Gasteiger partial charge in [0, 0.05) is 13.5 Å². The number of ether oxygens (including phenoxy) is 1. The van der Waals surface area contributed by atoms with Crippen LogP contribution in [0.1, 0.15) is 39.5 Å². The zero-order valence-corrected chi connectivity index (χ0v) is 9.25. The van der Waals surface area contributed by atoms with Gasteiger partial charge in [-0.3, -0.25) is 4.79 Å². The van der Waals surface area contributed by atoms with E-state index in [0.717, 1.165) is 12.8 Å². The van der Waals surface area contributed by atoms with E-state index in [0.29, 0.717) is 12.8 Å². The minimum Gasteiger partial charge on any atom is -0.385 e. The van der Waals surface area contributed by atoms with E-state index < -0.39 is 6.10 Å². The summed E-state index contributed by atoms with van der Waals surface area (Å²) in [6.07, 6.45) is 2.37. The van der Waals surface area contributed by atoms with Crippen LogP contribution >= 0.6 is 0 Å². The van der Waals surface area contributed by atoms with Gasteiger partial charge < -0.3 is 9.84 Å². The molecule has 0 aromatic heterocycles. The molecule has 1 saturated carbocycles. The van der Waals surface area contributed by atoms with Gasteiger partial charge in [0.05, 0.1) is 5.60 Å². The molecule has 0 radical (unpaired) electrons. The summed E-state index contributed by atoms with van der Waals surface area (Å²) in [5.74, 6) is 0.214. The molecule has 0 aromatic carbocycles. The van der Waals surface area contributed by atoms with Crippen LogP contribution in [0.5, 0.6) is 0 Å². The molecule has 1 fully saturated rings. The van der Waals surface area contributed by atoms with Crippen LogP contribution in [0.4, 0.5) is 0 Å². The molecule has 0 saturated heterocycles. The Morgan fingerprint density at radius 3 is 2.57 bits per heavy atom. The Bertz CT molecular complexity index is 207. The summed E-state index contributed by atoms with van der Waals surface area (Å²) < 4.78 is 5.21. The van der Waals surface area contributed by atoms with E-state index in [1.54, 1.807) is 7.11 Å². The number of aliphatic hydroxyl groups excluding tert-OH is 1. The Kier molecular flexibility index (Phi) is 3.67. The average Bonchev–Trinajstić information content (AvgIpc) is 2.96. The first kappa shape index (κ1) is 11.7. The van der Waals surface area contributed by atoms with Crippen molar-refractivity contribution >= 4 is 5.78 Å². The van der Waals surface area contributed by atoms with Crippen LogP contribution in [0.3, 0.4) is 0 Å². The van der Waals surface area contributed by atoms with Gasteiger partial charge in [-0.2, -0.15) is 0 Å². The molecular weight excluding hydrogens is 180 g/mol. The van der Waals surface area contributed by atoms with Gasteiger partial charge in [0.15, 0.2) is 5.78 Å². The Morgan fingerprint density at radius 2 is 2.14 bits per heavy atom. The molecule has 0 aromatic rings. The topological polar surface area (TPSA) is 46.5 Å². The number of hydrogen-bond donors (Lipinski definition) is 1. The van der Waals surface area contributed by atoms with E-state index in [9.17, 15) is 9.90 Å². The van der Waals surface area contributed by atoms with Gasteiger partial charge in [-0.15, -0.1) is 0 Å². The smallest absolute Gasteiger partial charge is 0.161 e. The van der Waals surface area contributed by atoms with Gasteiger partial charge >= 0.3 is 0 Å². The lowest BCUT2D eigenvalue weighted by Crippen LogP contribution is -2.28. The first-order valence-electron chi connectivity index (χ1n) is 5.22. The maximum Gasteiger partial charge on any atom is 0.161 e. The zero-order chi connectivity index (χ0) is 10.8. The second kappa shape index (κ2) is 4.41. The predicted molar refractivity (Wildman–Crippen MR) is 54.1 cm³/mol. The van der Waals surface area contributed by atoms with Gasteiger partial charge in [-0.05, 0) is 39.0 Å². The van der Waals surface area contributed by atoms with Crippen LogP contribution in [0, 0.1) is 5.92 Å². The molecule has 3 nitrogen and oxygen atoms in total. The molecule has 0 bridgehead atoms. The summed E-state index contributed by atoms with van der Waals surface area (Å²) >= 11 is 0. The maximum absolute atomic E-state index is 11.5. The Hall–Kier alpha value is -0.410. The van der Waals surface area contributed by atoms with Gasteiger partial charge in [0.1, 0.15) is 6.10 Å². The van der Waals surface area contributed by atoms with E-state index in [1.165, 1.54) is 0 Å². The molecule has 1 aliphatic rings. The van der Waals surface area contributed by atoms with Gasteiger partial charge in [-0.1, -0.05) is 0 Å². The van der Waals surface area contributed by atoms with E-state index >= 15 is 0 Å². The highest BCUT2D eigenvalue weighted by Gasteiger charge is 2.34. The first-order chi connectivity index (χ1) is 6.46. The molecule has 14 heavy (non-hydrogen) atoms. The quantitative estimate of drug-likeness (QED) is 0.707. The van der Waals surface area contributed by atoms with Crippen molar-refractivity contribution in [1.29, 1.82) is 0 Å². The zero-order valence-electron chi connectivity index (χ0n) is 9.25. The molecule has 3 heteroatoms. The highest BCUT2D eigenvalue weighted by molar-refractivity contribution is 5.83. The van der Waals surface area contributed by atoms with Crippen molar-refractivity contribution in [2.45, 2.75) is 51.2 Å². The third kappa shape index (κ3) is 3.39. The third-order valence-corrected chi connectivity index (χ3v) is 2.92. The monoisotopic (exact) mass is 200 g/mol. The lowest BCUT2D eigenvalue weighted by molar-refractivity contribution is -0.129. The van der Waals surface area contributed by atoms with Gasteiger partial charge in [0.2, 0.25) is 0 Å². The molecule has 1 unspecified atom stereocenters. The summed E-state index contributed by atoms with van der Waals surface area (Å²) in [4.78, 5) is 11.5. The second-order valence-corrected chi connectivity index (χ2v) is 4.71. The average molecular weight is 200 g/mol. The standard InChI is InChI=1S/C11H20O3/c1-11(2,14-3)7-6-9(12)10(13)8-4-5-8/h8,10,13H,4-7H2,1-3H3. The van der Waals surface area contributed by atoms with E-state index in [1.807, 2.05) is 13.8 Å². The van der Waals surface area contributed by atoms with Gasteiger partial charge in [0.25, 0.3) is 0 Å². The van der Waals surface area contributed by atoms with Crippen molar-refractivity contribution in [1.82, 2.24) is 0 Å². The van der Waals surface area contributed by atoms with Crippen molar-refractivity contribution in [2.24, 2.45) is 5.92 Å². The number of Topliss-reactive ketones (excluding diaryl/α,β-unsaturated/α-hetero) is 1. The fourth-order valence-corrected chi connectivity index (χ4v) is 1.35. The Balaban J connectivity index is 2.26. The molecule has 1 rings (SSSR count). The lowest BCUT2D eigenvalue weighted by atomic mass is 9.97. The van der Waals surface area contributed by atoms with Crippen molar-refractivity contribution in [2.75, 3.05) is 7.11 Å². The third-order valence-electron chi connectivity index (χ3n) is 2.92. The van der Waals surface area contributed by atoms with E-state index in [-0.39, 0.29) is 17.3 Å². The van der Waals surface area contributed by atoms with Crippen molar-refractivity contribution in [3.05, 3.63) is 0 Å². The largest absolute Gasteiger partial charge is 0.385 e. The first-order valence-corrected chi connectivity index (χ1v) is 5.22. The summed E-state index contributed by atoms with van der Waals surface area (Å²) in [5, 5.41) is 9.54. The van der Waals surface area contributed by atoms with E-state index in [2.05, 4.69) is 0 Å².